The van der Waals surface area contributed by atoms with Crippen LogP contribution in [0.5, 0.6) is 0 Å². The molecular weight excluding hydrogens is 106 g/mol. The van der Waals surface area contributed by atoms with Gasteiger partial charge in [0.25, 0.3) is 0 Å². The SMILES string of the molecule is CC(=S)C(C)=CN. The van der Waals surface area contributed by atoms with Gasteiger partial charge in [-0.05, 0) is 25.6 Å². The molecule has 0 spiro atoms. The summed E-state index contributed by atoms with van der Waals surface area (Å²) in [5.41, 5.74) is 6.10. The van der Waals surface area contributed by atoms with Crippen LogP contribution in [0.1, 0.15) is 13.8 Å². The Morgan fingerprint density at radius 1 is 1.57 bits per heavy atom. The lowest BCUT2D eigenvalue weighted by Crippen LogP contribution is -1.91. The average molecular weight is 115 g/mol. The van der Waals surface area contributed by atoms with Gasteiger partial charge in [0.15, 0.2) is 0 Å². The van der Waals surface area contributed by atoms with Crippen molar-refractivity contribution in [2.45, 2.75) is 13.8 Å². The molecule has 0 aliphatic rings. The van der Waals surface area contributed by atoms with E-state index >= 15 is 0 Å². The van der Waals surface area contributed by atoms with Crippen LogP contribution in [0.4, 0.5) is 0 Å². The van der Waals surface area contributed by atoms with E-state index in [1.165, 1.54) is 6.20 Å². The quantitative estimate of drug-likeness (QED) is 0.411. The maximum Gasteiger partial charge on any atom is 0.0164 e. The third kappa shape index (κ3) is 2.34. The van der Waals surface area contributed by atoms with Crippen LogP contribution in [-0.2, 0) is 0 Å². The molecule has 0 radical (unpaired) electrons. The molecule has 0 aromatic rings. The minimum absolute atomic E-state index is 0.863. The van der Waals surface area contributed by atoms with Crippen LogP contribution >= 0.6 is 12.2 Å². The van der Waals surface area contributed by atoms with Crippen LogP contribution in [0.15, 0.2) is 11.8 Å². The van der Waals surface area contributed by atoms with Crippen molar-refractivity contribution in [3.8, 4) is 0 Å². The lowest BCUT2D eigenvalue weighted by atomic mass is 10.3. The molecule has 0 aliphatic carbocycles. The fourth-order valence-corrected chi connectivity index (χ4v) is 0.185. The molecule has 7 heavy (non-hydrogen) atoms. The molecule has 40 valence electrons. The van der Waals surface area contributed by atoms with E-state index in [0.29, 0.717) is 0 Å². The Hall–Kier alpha value is -0.370. The molecule has 0 atom stereocenters. The minimum Gasteiger partial charge on any atom is -0.404 e. The summed E-state index contributed by atoms with van der Waals surface area (Å²) >= 11 is 4.77. The summed E-state index contributed by atoms with van der Waals surface area (Å²) in [6.45, 7) is 3.75. The highest BCUT2D eigenvalue weighted by molar-refractivity contribution is 7.80. The summed E-state index contributed by atoms with van der Waals surface area (Å²) in [4.78, 5) is 0.863. The van der Waals surface area contributed by atoms with Crippen molar-refractivity contribution in [1.29, 1.82) is 0 Å². The highest BCUT2D eigenvalue weighted by Gasteiger charge is 1.84. The molecule has 0 fully saturated rings. The smallest absolute Gasteiger partial charge is 0.0164 e. The average Bonchev–Trinajstić information content (AvgIpc) is 1.65. The van der Waals surface area contributed by atoms with Crippen LogP contribution < -0.4 is 5.73 Å². The molecule has 0 rings (SSSR count). The van der Waals surface area contributed by atoms with E-state index in [-0.39, 0.29) is 0 Å². The van der Waals surface area contributed by atoms with Crippen molar-refractivity contribution in [2.75, 3.05) is 0 Å². The van der Waals surface area contributed by atoms with Gasteiger partial charge in [0.1, 0.15) is 0 Å². The van der Waals surface area contributed by atoms with E-state index < -0.39 is 0 Å². The molecule has 0 amide bonds. The second kappa shape index (κ2) is 2.75. The Bertz CT molecular complexity index is 105. The molecule has 0 bridgehead atoms. The zero-order valence-electron chi connectivity index (χ0n) is 4.56. The molecule has 0 saturated heterocycles. The number of nitrogens with two attached hydrogens (primary N) is 1. The summed E-state index contributed by atoms with van der Waals surface area (Å²) in [5.74, 6) is 0. The second-order valence-electron chi connectivity index (χ2n) is 1.41. The molecular formula is C5H9NS. The minimum atomic E-state index is 0.863. The molecule has 1 nitrogen and oxygen atoms in total. The van der Waals surface area contributed by atoms with Gasteiger partial charge in [-0.3, -0.25) is 0 Å². The summed E-state index contributed by atoms with van der Waals surface area (Å²) in [5, 5.41) is 0. The first-order valence-electron chi connectivity index (χ1n) is 2.08. The van der Waals surface area contributed by atoms with E-state index in [2.05, 4.69) is 0 Å². The maximum absolute atomic E-state index is 5.12. The molecule has 0 aromatic heterocycles. The van der Waals surface area contributed by atoms with Gasteiger partial charge >= 0.3 is 0 Å². The molecule has 0 unspecified atom stereocenters. The first-order valence-corrected chi connectivity index (χ1v) is 2.48. The van der Waals surface area contributed by atoms with E-state index in [4.69, 9.17) is 18.0 Å². The van der Waals surface area contributed by atoms with E-state index in [0.717, 1.165) is 10.4 Å². The largest absolute Gasteiger partial charge is 0.404 e. The first-order chi connectivity index (χ1) is 3.18. The van der Waals surface area contributed by atoms with Crippen LogP contribution in [0.25, 0.3) is 0 Å². The lowest BCUT2D eigenvalue weighted by Gasteiger charge is -1.89. The number of hydrogen-bond acceptors (Lipinski definition) is 2. The summed E-state index contributed by atoms with van der Waals surface area (Å²) in [6, 6.07) is 0. The van der Waals surface area contributed by atoms with Crippen molar-refractivity contribution in [3.05, 3.63) is 11.8 Å². The Labute approximate surface area is 49.2 Å². The van der Waals surface area contributed by atoms with Gasteiger partial charge in [0.2, 0.25) is 0 Å². The predicted octanol–water partition coefficient (Wildman–Crippen LogP) is 1.24. The highest BCUT2D eigenvalue weighted by atomic mass is 32.1. The van der Waals surface area contributed by atoms with Gasteiger partial charge in [0, 0.05) is 4.86 Å². The summed E-state index contributed by atoms with van der Waals surface area (Å²) in [6.07, 6.45) is 1.52. The van der Waals surface area contributed by atoms with Crippen molar-refractivity contribution < 1.29 is 0 Å². The molecule has 0 saturated carbocycles. The Balaban J connectivity index is 3.82. The normalized spacial score (nSPS) is 11.4. The number of thiocarbonyl (C=S) groups is 1. The third-order valence-electron chi connectivity index (χ3n) is 0.805. The van der Waals surface area contributed by atoms with E-state index in [1.54, 1.807) is 0 Å². The zero-order valence-corrected chi connectivity index (χ0v) is 5.38. The van der Waals surface area contributed by atoms with Crippen molar-refractivity contribution in [3.63, 3.8) is 0 Å². The van der Waals surface area contributed by atoms with Crippen molar-refractivity contribution in [1.82, 2.24) is 0 Å². The van der Waals surface area contributed by atoms with Crippen molar-refractivity contribution >= 4 is 17.1 Å². The van der Waals surface area contributed by atoms with E-state index in [1.807, 2.05) is 13.8 Å². The number of allylic oxidation sites excluding steroid dienone is 1. The Morgan fingerprint density at radius 3 is 2.00 bits per heavy atom. The zero-order chi connectivity index (χ0) is 5.86. The summed E-state index contributed by atoms with van der Waals surface area (Å²) in [7, 11) is 0. The molecule has 2 heteroatoms. The maximum atomic E-state index is 5.12. The van der Waals surface area contributed by atoms with Gasteiger partial charge in [-0.15, -0.1) is 0 Å². The predicted molar refractivity (Wildman–Crippen MR) is 36.2 cm³/mol. The van der Waals surface area contributed by atoms with Gasteiger partial charge < -0.3 is 5.73 Å². The fraction of sp³-hybridized carbons (Fsp3) is 0.400. The molecule has 2 N–H and O–H groups in total. The molecule has 0 aromatic carbocycles. The standard InChI is InChI=1S/C5H9NS/c1-4(3-6)5(2)7/h3H,6H2,1-2H3. The van der Waals surface area contributed by atoms with Crippen LogP contribution in [-0.4, -0.2) is 4.86 Å². The Morgan fingerprint density at radius 2 is 2.00 bits per heavy atom. The van der Waals surface area contributed by atoms with Crippen molar-refractivity contribution in [2.24, 2.45) is 5.73 Å². The third-order valence-corrected chi connectivity index (χ3v) is 1.13. The highest BCUT2D eigenvalue weighted by Crippen LogP contribution is 1.91. The lowest BCUT2D eigenvalue weighted by molar-refractivity contribution is 1.48. The van der Waals surface area contributed by atoms with Crippen LogP contribution in [0.3, 0.4) is 0 Å². The second-order valence-corrected chi connectivity index (χ2v) is 2.02. The van der Waals surface area contributed by atoms with Gasteiger partial charge in [-0.2, -0.15) is 0 Å². The molecule has 0 heterocycles. The van der Waals surface area contributed by atoms with E-state index in [9.17, 15) is 0 Å². The molecule has 0 aliphatic heterocycles. The Kier molecular flexibility index (Phi) is 2.60. The number of rotatable bonds is 1. The van der Waals surface area contributed by atoms with Gasteiger partial charge in [0.05, 0.1) is 0 Å². The van der Waals surface area contributed by atoms with Crippen LogP contribution in [0.2, 0.25) is 0 Å². The van der Waals surface area contributed by atoms with Gasteiger partial charge in [-0.25, -0.2) is 0 Å². The number of hydrogen-bond donors (Lipinski definition) is 1. The fourth-order valence-electron chi connectivity index (χ4n) is 0.117. The topological polar surface area (TPSA) is 26.0 Å². The van der Waals surface area contributed by atoms with Crippen LogP contribution in [0, 0.1) is 0 Å². The first kappa shape index (κ1) is 6.63. The summed E-state index contributed by atoms with van der Waals surface area (Å²) < 4.78 is 0. The monoisotopic (exact) mass is 115 g/mol. The van der Waals surface area contributed by atoms with Gasteiger partial charge in [-0.1, -0.05) is 12.2 Å².